The number of ether oxygens (including phenoxy) is 2. The summed E-state index contributed by atoms with van der Waals surface area (Å²) in [6.07, 6.45) is 0.430. The lowest BCUT2D eigenvalue weighted by Gasteiger charge is -2.29. The van der Waals surface area contributed by atoms with E-state index in [1.807, 2.05) is 45.0 Å². The highest BCUT2D eigenvalue weighted by molar-refractivity contribution is 5.92. The third-order valence-corrected chi connectivity index (χ3v) is 4.39. The van der Waals surface area contributed by atoms with E-state index >= 15 is 0 Å². The summed E-state index contributed by atoms with van der Waals surface area (Å²) in [6.45, 7) is 6.40. The van der Waals surface area contributed by atoms with Gasteiger partial charge in [0.1, 0.15) is 11.4 Å². The number of aromatic amines is 1. The van der Waals surface area contributed by atoms with Gasteiger partial charge in [-0.15, -0.1) is 0 Å². The molecule has 0 atom stereocenters. The Labute approximate surface area is 164 Å². The van der Waals surface area contributed by atoms with Gasteiger partial charge in [-0.05, 0) is 33.3 Å². The quantitative estimate of drug-likeness (QED) is 0.842. The predicted octanol–water partition coefficient (Wildman–Crippen LogP) is 2.89. The van der Waals surface area contributed by atoms with Gasteiger partial charge in [0.15, 0.2) is 5.82 Å². The molecule has 8 heteroatoms. The molecule has 2 N–H and O–H groups in total. The lowest BCUT2D eigenvalue weighted by molar-refractivity contribution is -0.115. The Morgan fingerprint density at radius 1 is 1.29 bits per heavy atom. The van der Waals surface area contributed by atoms with E-state index in [1.54, 1.807) is 12.0 Å². The van der Waals surface area contributed by atoms with Gasteiger partial charge in [-0.3, -0.25) is 9.89 Å². The third-order valence-electron chi connectivity index (χ3n) is 4.39. The van der Waals surface area contributed by atoms with E-state index in [9.17, 15) is 9.59 Å². The van der Waals surface area contributed by atoms with Crippen LogP contribution in [0.2, 0.25) is 0 Å². The number of H-pyrrole nitrogens is 1. The van der Waals surface area contributed by atoms with Gasteiger partial charge in [-0.25, -0.2) is 4.79 Å². The maximum Gasteiger partial charge on any atom is 0.410 e. The zero-order valence-electron chi connectivity index (χ0n) is 16.7. The third kappa shape index (κ3) is 4.62. The van der Waals surface area contributed by atoms with E-state index in [0.717, 1.165) is 16.8 Å². The molecule has 2 aromatic rings. The number of anilines is 1. The Kier molecular flexibility index (Phi) is 5.58. The van der Waals surface area contributed by atoms with Gasteiger partial charge in [0.2, 0.25) is 5.91 Å². The van der Waals surface area contributed by atoms with Crippen molar-refractivity contribution in [3.05, 3.63) is 41.1 Å². The maximum absolute atomic E-state index is 12.5. The first-order chi connectivity index (χ1) is 13.3. The fraction of sp³-hybridized carbons (Fsp3) is 0.450. The highest BCUT2D eigenvalue weighted by Crippen LogP contribution is 2.25. The number of fused-ring (bicyclic) bond motifs is 1. The molecule has 0 fully saturated rings. The Bertz CT molecular complexity index is 869. The van der Waals surface area contributed by atoms with Gasteiger partial charge >= 0.3 is 6.09 Å². The van der Waals surface area contributed by atoms with Crippen molar-refractivity contribution < 1.29 is 19.1 Å². The van der Waals surface area contributed by atoms with E-state index in [0.29, 0.717) is 31.1 Å². The normalized spacial score (nSPS) is 13.6. The van der Waals surface area contributed by atoms with Gasteiger partial charge in [-0.2, -0.15) is 5.10 Å². The molecule has 0 saturated carbocycles. The summed E-state index contributed by atoms with van der Waals surface area (Å²) in [4.78, 5) is 26.3. The lowest BCUT2D eigenvalue weighted by Crippen LogP contribution is -2.40. The van der Waals surface area contributed by atoms with Crippen LogP contribution in [-0.2, 0) is 28.9 Å². The smallest absolute Gasteiger partial charge is 0.410 e. The molecule has 28 heavy (non-hydrogen) atoms. The molecule has 3 rings (SSSR count). The van der Waals surface area contributed by atoms with E-state index in [4.69, 9.17) is 9.47 Å². The Hall–Kier alpha value is -3.03. The number of hydrogen-bond donors (Lipinski definition) is 2. The summed E-state index contributed by atoms with van der Waals surface area (Å²) in [5, 5.41) is 10.0. The molecular weight excluding hydrogens is 360 g/mol. The molecule has 0 radical (unpaired) electrons. The van der Waals surface area contributed by atoms with Crippen LogP contribution in [0.4, 0.5) is 10.6 Å². The molecule has 2 amide bonds. The van der Waals surface area contributed by atoms with Gasteiger partial charge in [0.05, 0.1) is 25.8 Å². The van der Waals surface area contributed by atoms with Crippen LogP contribution in [0.25, 0.3) is 0 Å². The monoisotopic (exact) mass is 386 g/mol. The Morgan fingerprint density at radius 2 is 2.04 bits per heavy atom. The summed E-state index contributed by atoms with van der Waals surface area (Å²) in [5.74, 6) is 1.02. The molecule has 0 spiro atoms. The summed E-state index contributed by atoms with van der Waals surface area (Å²) >= 11 is 0. The van der Waals surface area contributed by atoms with Crippen molar-refractivity contribution in [2.75, 3.05) is 19.0 Å². The minimum atomic E-state index is -0.539. The van der Waals surface area contributed by atoms with Crippen LogP contribution in [0.15, 0.2) is 24.3 Å². The number of carbonyl (C=O) groups excluding carboxylic acids is 2. The largest absolute Gasteiger partial charge is 0.496 e. The van der Waals surface area contributed by atoms with Crippen molar-refractivity contribution in [1.82, 2.24) is 15.1 Å². The van der Waals surface area contributed by atoms with Crippen molar-refractivity contribution in [3.8, 4) is 5.75 Å². The highest BCUT2D eigenvalue weighted by Gasteiger charge is 2.28. The number of methoxy groups -OCH3 is 1. The zero-order chi connectivity index (χ0) is 20.3. The summed E-state index contributed by atoms with van der Waals surface area (Å²) in [7, 11) is 1.58. The first-order valence-corrected chi connectivity index (χ1v) is 9.22. The highest BCUT2D eigenvalue weighted by atomic mass is 16.6. The van der Waals surface area contributed by atoms with Crippen LogP contribution < -0.4 is 10.1 Å². The molecule has 150 valence electrons. The topological polar surface area (TPSA) is 96.5 Å². The van der Waals surface area contributed by atoms with Gasteiger partial charge in [0.25, 0.3) is 0 Å². The van der Waals surface area contributed by atoms with Crippen LogP contribution in [0.5, 0.6) is 5.75 Å². The van der Waals surface area contributed by atoms with Crippen molar-refractivity contribution in [2.24, 2.45) is 0 Å². The van der Waals surface area contributed by atoms with Crippen LogP contribution >= 0.6 is 0 Å². The van der Waals surface area contributed by atoms with Crippen molar-refractivity contribution in [1.29, 1.82) is 0 Å². The van der Waals surface area contributed by atoms with Crippen LogP contribution in [0, 0.1) is 0 Å². The van der Waals surface area contributed by atoms with Crippen molar-refractivity contribution in [2.45, 2.75) is 45.8 Å². The first kappa shape index (κ1) is 19.7. The van der Waals surface area contributed by atoms with Crippen LogP contribution in [-0.4, -0.2) is 46.4 Å². The molecule has 0 bridgehead atoms. The summed E-state index contributed by atoms with van der Waals surface area (Å²) in [5.41, 5.74) is 2.00. The van der Waals surface area contributed by atoms with Crippen LogP contribution in [0.3, 0.4) is 0 Å². The minimum absolute atomic E-state index is 0.173. The fourth-order valence-corrected chi connectivity index (χ4v) is 3.10. The van der Waals surface area contributed by atoms with Crippen molar-refractivity contribution in [3.63, 3.8) is 0 Å². The van der Waals surface area contributed by atoms with E-state index in [-0.39, 0.29) is 18.4 Å². The number of nitrogens with zero attached hydrogens (tertiary/aromatic N) is 2. The number of amides is 2. The average molecular weight is 386 g/mol. The minimum Gasteiger partial charge on any atom is -0.496 e. The van der Waals surface area contributed by atoms with E-state index < -0.39 is 5.60 Å². The zero-order valence-corrected chi connectivity index (χ0v) is 16.7. The number of para-hydroxylation sites is 1. The SMILES string of the molecule is COc1ccccc1CC(=O)Nc1n[nH]c2c1CCN(C(=O)OC(C)(C)C)C2. The summed E-state index contributed by atoms with van der Waals surface area (Å²) in [6, 6.07) is 7.41. The standard InChI is InChI=1S/C20H26N4O4/c1-20(2,3)28-19(26)24-10-9-14-15(12-24)22-23-18(14)21-17(25)11-13-7-5-6-8-16(13)27-4/h5-8H,9-12H2,1-4H3,(H2,21,22,23,25). The van der Waals surface area contributed by atoms with Crippen molar-refractivity contribution >= 4 is 17.8 Å². The molecule has 1 aromatic heterocycles. The Morgan fingerprint density at radius 3 is 2.75 bits per heavy atom. The van der Waals surface area contributed by atoms with Crippen LogP contribution in [0.1, 0.15) is 37.6 Å². The first-order valence-electron chi connectivity index (χ1n) is 9.22. The molecule has 1 aromatic carbocycles. The second kappa shape index (κ2) is 7.92. The van der Waals surface area contributed by atoms with E-state index in [1.165, 1.54) is 0 Å². The molecular formula is C20H26N4O4. The molecule has 0 unspecified atom stereocenters. The molecule has 0 aliphatic carbocycles. The number of carbonyl (C=O) groups is 2. The average Bonchev–Trinajstić information content (AvgIpc) is 3.02. The number of rotatable bonds is 4. The van der Waals surface area contributed by atoms with Gasteiger partial charge in [-0.1, -0.05) is 18.2 Å². The van der Waals surface area contributed by atoms with Gasteiger partial charge in [0, 0.05) is 17.7 Å². The lowest BCUT2D eigenvalue weighted by atomic mass is 10.1. The second-order valence-electron chi connectivity index (χ2n) is 7.72. The molecule has 0 saturated heterocycles. The molecule has 8 nitrogen and oxygen atoms in total. The number of benzene rings is 1. The maximum atomic E-state index is 12.5. The number of aromatic nitrogens is 2. The number of hydrogen-bond acceptors (Lipinski definition) is 5. The Balaban J connectivity index is 1.64. The van der Waals surface area contributed by atoms with E-state index in [2.05, 4.69) is 15.5 Å². The molecule has 1 aliphatic heterocycles. The predicted molar refractivity (Wildman–Crippen MR) is 104 cm³/mol. The van der Waals surface area contributed by atoms with Gasteiger partial charge < -0.3 is 19.7 Å². The molecule has 2 heterocycles. The summed E-state index contributed by atoms with van der Waals surface area (Å²) < 4.78 is 10.7. The molecule has 1 aliphatic rings. The fourth-order valence-electron chi connectivity index (χ4n) is 3.10. The second-order valence-corrected chi connectivity index (χ2v) is 7.72. The number of nitrogens with one attached hydrogen (secondary N) is 2.